The molecule has 7 heteroatoms. The van der Waals surface area contributed by atoms with Gasteiger partial charge in [0.1, 0.15) is 5.82 Å². The molecule has 140 valence electrons. The summed E-state index contributed by atoms with van der Waals surface area (Å²) < 4.78 is 0. The average molecular weight is 373 g/mol. The van der Waals surface area contributed by atoms with E-state index in [0.29, 0.717) is 10.9 Å². The highest BCUT2D eigenvalue weighted by Crippen LogP contribution is 2.19. The van der Waals surface area contributed by atoms with Crippen molar-refractivity contribution in [1.29, 1.82) is 0 Å². The fourth-order valence-electron chi connectivity index (χ4n) is 3.26. The fraction of sp³-hybridized carbons (Fsp3) is 0.474. The normalized spacial score (nSPS) is 16.4. The highest BCUT2D eigenvalue weighted by molar-refractivity contribution is 7.14. The van der Waals surface area contributed by atoms with Gasteiger partial charge in [-0.05, 0) is 37.1 Å². The summed E-state index contributed by atoms with van der Waals surface area (Å²) in [5.74, 6) is 0.518. The van der Waals surface area contributed by atoms with E-state index < -0.39 is 0 Å². The Labute approximate surface area is 159 Å². The number of hydrogen-bond acceptors (Lipinski definition) is 7. The lowest BCUT2D eigenvalue weighted by Gasteiger charge is -2.34. The zero-order valence-electron chi connectivity index (χ0n) is 15.8. The lowest BCUT2D eigenvalue weighted by molar-refractivity contribution is 0.132. The van der Waals surface area contributed by atoms with Gasteiger partial charge in [0.25, 0.3) is 0 Å². The highest BCUT2D eigenvalue weighted by Gasteiger charge is 2.16. The van der Waals surface area contributed by atoms with Gasteiger partial charge in [0, 0.05) is 38.1 Å². The van der Waals surface area contributed by atoms with Crippen molar-refractivity contribution in [3.05, 3.63) is 39.8 Å². The topological polar surface area (TPSA) is 69.8 Å². The minimum atomic E-state index is 0.518. The summed E-state index contributed by atoms with van der Waals surface area (Å²) in [6.45, 7) is 13.3. The number of aryl methyl sites for hydroxylation is 1. The zero-order chi connectivity index (χ0) is 18.5. The van der Waals surface area contributed by atoms with E-state index in [-0.39, 0.29) is 0 Å². The van der Waals surface area contributed by atoms with Crippen LogP contribution in [0.4, 0.5) is 10.9 Å². The van der Waals surface area contributed by atoms with Gasteiger partial charge in [0.05, 0.1) is 6.21 Å². The zero-order valence-corrected chi connectivity index (χ0v) is 16.6. The molecular weight excluding hydrogens is 344 g/mol. The largest absolute Gasteiger partial charge is 0.383 e. The van der Waals surface area contributed by atoms with Crippen LogP contribution in [-0.2, 0) is 6.54 Å². The smallest absolute Gasteiger partial charge is 0.205 e. The first-order valence-corrected chi connectivity index (χ1v) is 9.98. The molecule has 1 aromatic heterocycles. The number of hydrogen-bond donors (Lipinski definition) is 2. The molecule has 0 saturated carbocycles. The van der Waals surface area contributed by atoms with Crippen LogP contribution < -0.4 is 11.2 Å². The van der Waals surface area contributed by atoms with E-state index in [9.17, 15) is 0 Å². The van der Waals surface area contributed by atoms with Crippen LogP contribution in [-0.4, -0.2) is 53.7 Å². The molecule has 0 radical (unpaired) electrons. The first kappa shape index (κ1) is 18.8. The molecule has 2 heterocycles. The maximum absolute atomic E-state index is 5.63. The minimum absolute atomic E-state index is 0.518. The fourth-order valence-corrected chi connectivity index (χ4v) is 3.81. The molecule has 1 saturated heterocycles. The lowest BCUT2D eigenvalue weighted by atomic mass is 9.99. The van der Waals surface area contributed by atoms with Gasteiger partial charge >= 0.3 is 0 Å². The van der Waals surface area contributed by atoms with Gasteiger partial charge in [-0.3, -0.25) is 10.3 Å². The second-order valence-electron chi connectivity index (χ2n) is 6.80. The number of hydrazone groups is 1. The Balaban J connectivity index is 1.67. The molecule has 0 aliphatic carbocycles. The van der Waals surface area contributed by atoms with Crippen LogP contribution in [0.25, 0.3) is 0 Å². The number of likely N-dealkylation sites (N-methyl/N-ethyl adjacent to an activating group) is 1. The van der Waals surface area contributed by atoms with Gasteiger partial charge in [-0.2, -0.15) is 5.10 Å². The van der Waals surface area contributed by atoms with Gasteiger partial charge in [0.2, 0.25) is 5.13 Å². The van der Waals surface area contributed by atoms with Gasteiger partial charge in [-0.1, -0.05) is 24.6 Å². The summed E-state index contributed by atoms with van der Waals surface area (Å²) >= 11 is 1.45. The third kappa shape index (κ3) is 4.81. The number of nitrogens with zero attached hydrogens (tertiary/aromatic N) is 4. The molecule has 0 bridgehead atoms. The molecule has 0 amide bonds. The van der Waals surface area contributed by atoms with Crippen LogP contribution in [0, 0.1) is 13.8 Å². The van der Waals surface area contributed by atoms with Crippen molar-refractivity contribution < 1.29 is 0 Å². The molecule has 1 aliphatic heterocycles. The Morgan fingerprint density at radius 3 is 2.62 bits per heavy atom. The van der Waals surface area contributed by atoms with E-state index in [1.807, 2.05) is 6.21 Å². The van der Waals surface area contributed by atoms with Crippen molar-refractivity contribution in [1.82, 2.24) is 14.8 Å². The molecule has 0 spiro atoms. The average Bonchev–Trinajstić information content (AvgIpc) is 3.04. The van der Waals surface area contributed by atoms with E-state index in [2.05, 4.69) is 58.2 Å². The van der Waals surface area contributed by atoms with Crippen LogP contribution in [0.1, 0.15) is 29.2 Å². The van der Waals surface area contributed by atoms with Gasteiger partial charge < -0.3 is 10.6 Å². The number of anilines is 2. The van der Waals surface area contributed by atoms with Crippen LogP contribution in [0.5, 0.6) is 0 Å². The first-order valence-electron chi connectivity index (χ1n) is 9.10. The van der Waals surface area contributed by atoms with Crippen molar-refractivity contribution >= 4 is 28.5 Å². The Morgan fingerprint density at radius 1 is 1.23 bits per heavy atom. The van der Waals surface area contributed by atoms with Crippen molar-refractivity contribution in [2.75, 3.05) is 43.9 Å². The molecule has 0 atom stereocenters. The quantitative estimate of drug-likeness (QED) is 0.603. The molecular formula is C19H28N6S. The van der Waals surface area contributed by atoms with E-state index in [1.165, 1.54) is 28.0 Å². The number of nitrogens with one attached hydrogen (secondary N) is 1. The number of benzene rings is 1. The van der Waals surface area contributed by atoms with Crippen molar-refractivity contribution in [3.8, 4) is 0 Å². The maximum atomic E-state index is 5.63. The number of thiazole rings is 1. The molecule has 26 heavy (non-hydrogen) atoms. The summed E-state index contributed by atoms with van der Waals surface area (Å²) in [6, 6.07) is 4.48. The summed E-state index contributed by atoms with van der Waals surface area (Å²) in [6.07, 6.45) is 1.87. The molecule has 3 N–H and O–H groups in total. The third-order valence-corrected chi connectivity index (χ3v) is 5.66. The minimum Gasteiger partial charge on any atom is -0.383 e. The van der Waals surface area contributed by atoms with Crippen LogP contribution in [0.3, 0.4) is 0 Å². The number of nitrogen functional groups attached to an aromatic ring is 1. The summed E-state index contributed by atoms with van der Waals surface area (Å²) in [7, 11) is 0. The summed E-state index contributed by atoms with van der Waals surface area (Å²) in [5.41, 5.74) is 13.7. The predicted molar refractivity (Wildman–Crippen MR) is 111 cm³/mol. The van der Waals surface area contributed by atoms with E-state index >= 15 is 0 Å². The monoisotopic (exact) mass is 372 g/mol. The number of piperazine rings is 1. The van der Waals surface area contributed by atoms with Crippen molar-refractivity contribution in [2.24, 2.45) is 5.10 Å². The Morgan fingerprint density at radius 2 is 1.96 bits per heavy atom. The Hall–Kier alpha value is -1.96. The SMILES string of the molecule is CCN1CCN(Cc2cc(C)cc(C=NNc3nc(N)cs3)c2C)CC1. The van der Waals surface area contributed by atoms with E-state index in [1.54, 1.807) is 5.38 Å². The van der Waals surface area contributed by atoms with Crippen LogP contribution in [0.15, 0.2) is 22.6 Å². The Bertz CT molecular complexity index is 761. The lowest BCUT2D eigenvalue weighted by Crippen LogP contribution is -2.45. The summed E-state index contributed by atoms with van der Waals surface area (Å²) in [4.78, 5) is 9.21. The molecule has 1 aliphatic rings. The molecule has 2 aromatic rings. The maximum Gasteiger partial charge on any atom is 0.205 e. The standard InChI is InChI=1S/C19H28N6S/c1-4-24-5-7-25(8-6-24)12-17-10-14(2)9-16(15(17)3)11-21-23-19-22-18(20)13-26-19/h9-11,13H,4-8,12,20H2,1-3H3,(H,22,23). The van der Waals surface area contributed by atoms with E-state index in [0.717, 1.165) is 44.8 Å². The van der Waals surface area contributed by atoms with Gasteiger partial charge in [-0.15, -0.1) is 11.3 Å². The van der Waals surface area contributed by atoms with Crippen molar-refractivity contribution in [2.45, 2.75) is 27.3 Å². The summed E-state index contributed by atoms with van der Waals surface area (Å²) in [5, 5.41) is 6.84. The Kier molecular flexibility index (Phi) is 6.24. The van der Waals surface area contributed by atoms with Gasteiger partial charge in [0.15, 0.2) is 0 Å². The highest BCUT2D eigenvalue weighted by atomic mass is 32.1. The number of aromatic nitrogens is 1. The molecule has 3 rings (SSSR count). The second-order valence-corrected chi connectivity index (χ2v) is 7.65. The molecule has 0 unspecified atom stereocenters. The van der Waals surface area contributed by atoms with Crippen LogP contribution in [0.2, 0.25) is 0 Å². The first-order chi connectivity index (χ1) is 12.5. The van der Waals surface area contributed by atoms with Crippen molar-refractivity contribution in [3.63, 3.8) is 0 Å². The number of nitrogens with two attached hydrogens (primary N) is 1. The number of rotatable bonds is 6. The molecule has 1 fully saturated rings. The molecule has 6 nitrogen and oxygen atoms in total. The van der Waals surface area contributed by atoms with E-state index in [4.69, 9.17) is 5.73 Å². The van der Waals surface area contributed by atoms with Gasteiger partial charge in [-0.25, -0.2) is 4.98 Å². The third-order valence-electron chi connectivity index (χ3n) is 4.89. The molecule has 1 aromatic carbocycles. The van der Waals surface area contributed by atoms with Crippen LogP contribution >= 0.6 is 11.3 Å². The second kappa shape index (κ2) is 8.62. The predicted octanol–water partition coefficient (Wildman–Crippen LogP) is 2.93.